The summed E-state index contributed by atoms with van der Waals surface area (Å²) in [5, 5.41) is 3.08. The lowest BCUT2D eigenvalue weighted by Gasteiger charge is -2.13. The number of ether oxygens (including phenoxy) is 1. The number of aryl methyl sites for hydroxylation is 1. The highest BCUT2D eigenvalue weighted by Gasteiger charge is 2.10. The summed E-state index contributed by atoms with van der Waals surface area (Å²) >= 11 is 3.39. The van der Waals surface area contributed by atoms with Crippen molar-refractivity contribution >= 4 is 15.9 Å². The predicted octanol–water partition coefficient (Wildman–Crippen LogP) is 4.97. The van der Waals surface area contributed by atoms with Crippen molar-refractivity contribution in [3.63, 3.8) is 0 Å². The monoisotopic (exact) mass is 337 g/mol. The average Bonchev–Trinajstić information content (AvgIpc) is 2.44. The van der Waals surface area contributed by atoms with Crippen LogP contribution in [0.25, 0.3) is 0 Å². The van der Waals surface area contributed by atoms with Gasteiger partial charge in [0.2, 0.25) is 0 Å². The third-order valence-electron chi connectivity index (χ3n) is 3.26. The van der Waals surface area contributed by atoms with E-state index in [9.17, 15) is 4.39 Å². The van der Waals surface area contributed by atoms with E-state index in [0.29, 0.717) is 5.75 Å². The second-order valence-electron chi connectivity index (χ2n) is 4.71. The van der Waals surface area contributed by atoms with Crippen LogP contribution >= 0.6 is 15.9 Å². The van der Waals surface area contributed by atoms with Gasteiger partial charge in [-0.2, -0.15) is 0 Å². The van der Waals surface area contributed by atoms with E-state index in [0.717, 1.165) is 15.6 Å². The molecular weight excluding hydrogens is 321 g/mol. The molecule has 0 heterocycles. The lowest BCUT2D eigenvalue weighted by atomic mass is 10.1. The molecule has 2 aromatic rings. The summed E-state index contributed by atoms with van der Waals surface area (Å²) in [7, 11) is 1.85. The third kappa shape index (κ3) is 3.38. The number of halogens is 2. The first-order chi connectivity index (χ1) is 9.51. The quantitative estimate of drug-likeness (QED) is 0.850. The van der Waals surface area contributed by atoms with Gasteiger partial charge in [0.15, 0.2) is 11.6 Å². The first-order valence-corrected chi connectivity index (χ1v) is 7.21. The summed E-state index contributed by atoms with van der Waals surface area (Å²) in [6.07, 6.45) is 0. The lowest BCUT2D eigenvalue weighted by molar-refractivity contribution is 0.438. The van der Waals surface area contributed by atoms with Gasteiger partial charge in [0.1, 0.15) is 5.75 Å². The molecule has 0 aromatic heterocycles. The van der Waals surface area contributed by atoms with E-state index in [1.807, 2.05) is 45.2 Å². The Bertz CT molecular complexity index is 615. The van der Waals surface area contributed by atoms with E-state index in [2.05, 4.69) is 21.2 Å². The summed E-state index contributed by atoms with van der Waals surface area (Å²) in [6.45, 7) is 3.91. The zero-order valence-electron chi connectivity index (χ0n) is 11.7. The van der Waals surface area contributed by atoms with Crippen LogP contribution in [0.4, 0.5) is 4.39 Å². The molecule has 2 rings (SSSR count). The smallest absolute Gasteiger partial charge is 0.166 e. The second kappa shape index (κ2) is 6.37. The van der Waals surface area contributed by atoms with Crippen molar-refractivity contribution in [1.29, 1.82) is 0 Å². The molecule has 0 bridgehead atoms. The minimum absolute atomic E-state index is 0.103. The number of nitrogens with one attached hydrogen (secondary N) is 1. The highest BCUT2D eigenvalue weighted by Crippen LogP contribution is 2.30. The van der Waals surface area contributed by atoms with Gasteiger partial charge in [0, 0.05) is 10.5 Å². The van der Waals surface area contributed by atoms with Gasteiger partial charge >= 0.3 is 0 Å². The van der Waals surface area contributed by atoms with Crippen LogP contribution in [0.15, 0.2) is 40.9 Å². The Kier molecular flexibility index (Phi) is 4.78. The van der Waals surface area contributed by atoms with Gasteiger partial charge in [-0.25, -0.2) is 4.39 Å². The Morgan fingerprint density at radius 3 is 2.55 bits per heavy atom. The molecule has 0 aliphatic rings. The van der Waals surface area contributed by atoms with Gasteiger partial charge in [-0.05, 0) is 56.3 Å². The zero-order chi connectivity index (χ0) is 14.7. The molecule has 0 radical (unpaired) electrons. The maximum atomic E-state index is 14.1. The van der Waals surface area contributed by atoms with Crippen LogP contribution in [0, 0.1) is 12.7 Å². The Balaban J connectivity index is 2.28. The predicted molar refractivity (Wildman–Crippen MR) is 82.8 cm³/mol. The molecule has 1 N–H and O–H groups in total. The SMILES string of the molecule is CNC(C)c1ccc(Oc2cc(Br)ccc2C)c(F)c1. The topological polar surface area (TPSA) is 21.3 Å². The van der Waals surface area contributed by atoms with E-state index in [4.69, 9.17) is 4.74 Å². The van der Waals surface area contributed by atoms with Crippen LogP contribution in [-0.2, 0) is 0 Å². The van der Waals surface area contributed by atoms with E-state index < -0.39 is 0 Å². The van der Waals surface area contributed by atoms with Gasteiger partial charge in [0.05, 0.1) is 0 Å². The molecule has 0 amide bonds. The molecule has 0 saturated carbocycles. The Labute approximate surface area is 127 Å². The van der Waals surface area contributed by atoms with E-state index in [1.165, 1.54) is 6.07 Å². The molecule has 0 aliphatic heterocycles. The molecule has 0 saturated heterocycles. The zero-order valence-corrected chi connectivity index (χ0v) is 13.3. The van der Waals surface area contributed by atoms with Crippen LogP contribution in [0.5, 0.6) is 11.5 Å². The molecule has 0 fully saturated rings. The molecule has 4 heteroatoms. The molecular formula is C16H17BrFNO. The summed E-state index contributed by atoms with van der Waals surface area (Å²) < 4.78 is 20.7. The molecule has 20 heavy (non-hydrogen) atoms. The van der Waals surface area contributed by atoms with Crippen molar-refractivity contribution in [3.8, 4) is 11.5 Å². The maximum Gasteiger partial charge on any atom is 0.166 e. The van der Waals surface area contributed by atoms with Crippen LogP contribution in [0.2, 0.25) is 0 Å². The van der Waals surface area contributed by atoms with Crippen LogP contribution in [0.1, 0.15) is 24.1 Å². The molecule has 2 aromatic carbocycles. The van der Waals surface area contributed by atoms with Crippen molar-refractivity contribution in [2.24, 2.45) is 0 Å². The van der Waals surface area contributed by atoms with Gasteiger partial charge in [0.25, 0.3) is 0 Å². The van der Waals surface area contributed by atoms with Gasteiger partial charge in [-0.15, -0.1) is 0 Å². The Morgan fingerprint density at radius 2 is 1.90 bits per heavy atom. The third-order valence-corrected chi connectivity index (χ3v) is 3.75. The van der Waals surface area contributed by atoms with E-state index in [1.54, 1.807) is 6.07 Å². The van der Waals surface area contributed by atoms with Crippen molar-refractivity contribution in [2.75, 3.05) is 7.05 Å². The Morgan fingerprint density at radius 1 is 1.15 bits per heavy atom. The highest BCUT2D eigenvalue weighted by atomic mass is 79.9. The summed E-state index contributed by atoms with van der Waals surface area (Å²) in [5.74, 6) is 0.523. The van der Waals surface area contributed by atoms with E-state index >= 15 is 0 Å². The number of rotatable bonds is 4. The fraction of sp³-hybridized carbons (Fsp3) is 0.250. The number of hydrogen-bond donors (Lipinski definition) is 1. The maximum absolute atomic E-state index is 14.1. The van der Waals surface area contributed by atoms with Crippen LogP contribution in [-0.4, -0.2) is 7.05 Å². The minimum atomic E-state index is -0.357. The minimum Gasteiger partial charge on any atom is -0.454 e. The van der Waals surface area contributed by atoms with Crippen molar-refractivity contribution < 1.29 is 9.13 Å². The summed E-state index contributed by atoms with van der Waals surface area (Å²) in [5.41, 5.74) is 1.85. The summed E-state index contributed by atoms with van der Waals surface area (Å²) in [6, 6.07) is 10.8. The summed E-state index contributed by atoms with van der Waals surface area (Å²) in [4.78, 5) is 0. The van der Waals surface area contributed by atoms with Crippen molar-refractivity contribution in [1.82, 2.24) is 5.32 Å². The van der Waals surface area contributed by atoms with Crippen LogP contribution in [0.3, 0.4) is 0 Å². The molecule has 0 spiro atoms. The van der Waals surface area contributed by atoms with Gasteiger partial charge < -0.3 is 10.1 Å². The fourth-order valence-corrected chi connectivity index (χ4v) is 2.18. The highest BCUT2D eigenvalue weighted by molar-refractivity contribution is 9.10. The first kappa shape index (κ1) is 15.0. The van der Waals surface area contributed by atoms with E-state index in [-0.39, 0.29) is 17.6 Å². The van der Waals surface area contributed by atoms with Gasteiger partial charge in [-0.3, -0.25) is 0 Å². The molecule has 2 nitrogen and oxygen atoms in total. The normalized spacial score (nSPS) is 12.2. The first-order valence-electron chi connectivity index (χ1n) is 6.42. The number of hydrogen-bond acceptors (Lipinski definition) is 2. The molecule has 0 aliphatic carbocycles. The van der Waals surface area contributed by atoms with Crippen molar-refractivity contribution in [3.05, 3.63) is 57.8 Å². The Hall–Kier alpha value is -1.39. The van der Waals surface area contributed by atoms with Crippen molar-refractivity contribution in [2.45, 2.75) is 19.9 Å². The molecule has 1 atom stereocenters. The largest absolute Gasteiger partial charge is 0.454 e. The van der Waals surface area contributed by atoms with Gasteiger partial charge in [-0.1, -0.05) is 28.1 Å². The number of benzene rings is 2. The lowest BCUT2D eigenvalue weighted by Crippen LogP contribution is -2.12. The van der Waals surface area contributed by atoms with Crippen LogP contribution < -0.4 is 10.1 Å². The second-order valence-corrected chi connectivity index (χ2v) is 5.63. The molecule has 106 valence electrons. The average molecular weight is 338 g/mol. The fourth-order valence-electron chi connectivity index (χ4n) is 1.84. The molecule has 1 unspecified atom stereocenters. The standard InChI is InChI=1S/C16H17BrFNO/c1-10-4-6-13(17)9-16(10)20-15-7-5-12(8-14(15)18)11(2)19-3/h4-9,11,19H,1-3H3.